The minimum Gasteiger partial charge on any atom is -0.410 e. The number of pyridine rings is 2. The zero-order valence-corrected chi connectivity index (χ0v) is 17.2. The number of piperazine rings is 1. The van der Waals surface area contributed by atoms with E-state index in [1.165, 1.54) is 5.56 Å². The van der Waals surface area contributed by atoms with Gasteiger partial charge in [0.2, 0.25) is 0 Å². The van der Waals surface area contributed by atoms with Gasteiger partial charge in [0.1, 0.15) is 5.75 Å². The van der Waals surface area contributed by atoms with Crippen LogP contribution < -0.4 is 4.74 Å². The van der Waals surface area contributed by atoms with E-state index < -0.39 is 0 Å². The first kappa shape index (κ1) is 20.0. The zero-order chi connectivity index (χ0) is 20.8. The van der Waals surface area contributed by atoms with E-state index >= 15 is 0 Å². The van der Waals surface area contributed by atoms with E-state index in [1.807, 2.05) is 55.7 Å². The first-order valence-electron chi connectivity index (χ1n) is 10.2. The fraction of sp³-hybridized carbons (Fsp3) is 0.292. The first-order valence-corrected chi connectivity index (χ1v) is 10.2. The molecule has 1 aliphatic heterocycles. The molecule has 1 saturated heterocycles. The third-order valence-electron chi connectivity index (χ3n) is 5.25. The van der Waals surface area contributed by atoms with E-state index in [0.717, 1.165) is 42.9 Å². The van der Waals surface area contributed by atoms with Gasteiger partial charge in [0.15, 0.2) is 0 Å². The molecule has 3 heterocycles. The van der Waals surface area contributed by atoms with Crippen molar-refractivity contribution in [2.75, 3.05) is 26.2 Å². The minimum absolute atomic E-state index is 0.288. The highest BCUT2D eigenvalue weighted by molar-refractivity contribution is 5.70. The van der Waals surface area contributed by atoms with Gasteiger partial charge >= 0.3 is 6.09 Å². The highest BCUT2D eigenvalue weighted by Crippen LogP contribution is 2.17. The van der Waals surface area contributed by atoms with Gasteiger partial charge in [-0.05, 0) is 47.9 Å². The second-order valence-electron chi connectivity index (χ2n) is 7.64. The van der Waals surface area contributed by atoms with Crippen LogP contribution in [0.5, 0.6) is 5.75 Å². The van der Waals surface area contributed by atoms with E-state index in [1.54, 1.807) is 11.1 Å². The van der Waals surface area contributed by atoms with Crippen molar-refractivity contribution in [3.05, 3.63) is 89.5 Å². The van der Waals surface area contributed by atoms with Crippen molar-refractivity contribution >= 4 is 6.09 Å². The molecule has 0 N–H and O–H groups in total. The number of aromatic nitrogens is 2. The molecule has 3 aromatic rings. The highest BCUT2D eigenvalue weighted by Gasteiger charge is 2.22. The quantitative estimate of drug-likeness (QED) is 0.651. The number of nitrogens with zero attached hydrogens (tertiary/aromatic N) is 4. The van der Waals surface area contributed by atoms with Gasteiger partial charge < -0.3 is 9.64 Å². The van der Waals surface area contributed by atoms with E-state index in [0.29, 0.717) is 18.8 Å². The number of rotatable bonds is 5. The normalized spacial score (nSPS) is 14.5. The number of aryl methyl sites for hydroxylation is 1. The summed E-state index contributed by atoms with van der Waals surface area (Å²) in [7, 11) is 0. The van der Waals surface area contributed by atoms with Crippen LogP contribution in [-0.4, -0.2) is 52.0 Å². The van der Waals surface area contributed by atoms with Crippen LogP contribution in [0.1, 0.15) is 22.4 Å². The summed E-state index contributed by atoms with van der Waals surface area (Å²) >= 11 is 0. The zero-order valence-electron chi connectivity index (χ0n) is 17.2. The van der Waals surface area contributed by atoms with Gasteiger partial charge in [0.05, 0.1) is 0 Å². The Bertz CT molecular complexity index is 951. The molecular formula is C24H26N4O2. The van der Waals surface area contributed by atoms with E-state index in [2.05, 4.69) is 27.0 Å². The van der Waals surface area contributed by atoms with Crippen molar-refractivity contribution in [1.82, 2.24) is 19.8 Å². The molecule has 1 aromatic carbocycles. The summed E-state index contributed by atoms with van der Waals surface area (Å²) in [5.41, 5.74) is 4.50. The lowest BCUT2D eigenvalue weighted by Gasteiger charge is -2.33. The van der Waals surface area contributed by atoms with Gasteiger partial charge in [-0.2, -0.15) is 0 Å². The Morgan fingerprint density at radius 3 is 2.43 bits per heavy atom. The van der Waals surface area contributed by atoms with Crippen LogP contribution in [0.2, 0.25) is 0 Å². The Morgan fingerprint density at radius 1 is 0.967 bits per heavy atom. The van der Waals surface area contributed by atoms with Gasteiger partial charge in [0, 0.05) is 63.4 Å². The topological polar surface area (TPSA) is 58.6 Å². The monoisotopic (exact) mass is 402 g/mol. The molecule has 0 spiro atoms. The molecule has 6 heteroatoms. The van der Waals surface area contributed by atoms with E-state index in [-0.39, 0.29) is 6.09 Å². The molecule has 154 valence electrons. The predicted octanol–water partition coefficient (Wildman–Crippen LogP) is 3.69. The summed E-state index contributed by atoms with van der Waals surface area (Å²) in [5.74, 6) is 0.568. The average molecular weight is 402 g/mol. The second kappa shape index (κ2) is 9.50. The maximum absolute atomic E-state index is 12.5. The van der Waals surface area contributed by atoms with Gasteiger partial charge in [-0.25, -0.2) is 4.79 Å². The van der Waals surface area contributed by atoms with E-state index in [4.69, 9.17) is 4.74 Å². The van der Waals surface area contributed by atoms with Crippen LogP contribution in [0.3, 0.4) is 0 Å². The molecule has 2 aromatic heterocycles. The number of amides is 1. The molecule has 0 bridgehead atoms. The molecular weight excluding hydrogens is 376 g/mol. The van der Waals surface area contributed by atoms with Gasteiger partial charge in [-0.3, -0.25) is 14.9 Å². The summed E-state index contributed by atoms with van der Waals surface area (Å²) < 4.78 is 5.57. The standard InChI is InChI=1S/C24H26N4O2/c1-19-4-7-22(26-16-19)15-20-5-8-23(9-6-20)30-24(29)28-13-11-27(12-14-28)18-21-3-2-10-25-17-21/h2-10,16-17H,11-15,18H2,1H3. The third-order valence-corrected chi connectivity index (χ3v) is 5.25. The molecule has 0 aliphatic carbocycles. The fourth-order valence-corrected chi connectivity index (χ4v) is 3.49. The molecule has 6 nitrogen and oxygen atoms in total. The van der Waals surface area contributed by atoms with Crippen molar-refractivity contribution in [1.29, 1.82) is 0 Å². The number of hydrogen-bond acceptors (Lipinski definition) is 5. The maximum Gasteiger partial charge on any atom is 0.415 e. The smallest absolute Gasteiger partial charge is 0.410 e. The highest BCUT2D eigenvalue weighted by atomic mass is 16.6. The van der Waals surface area contributed by atoms with Crippen molar-refractivity contribution in [3.8, 4) is 5.75 Å². The van der Waals surface area contributed by atoms with Crippen molar-refractivity contribution < 1.29 is 9.53 Å². The lowest BCUT2D eigenvalue weighted by molar-refractivity contribution is 0.108. The first-order chi connectivity index (χ1) is 14.7. The van der Waals surface area contributed by atoms with Crippen LogP contribution in [0.4, 0.5) is 4.79 Å². The molecule has 0 atom stereocenters. The summed E-state index contributed by atoms with van der Waals surface area (Å²) in [6, 6.07) is 15.8. The molecule has 1 aliphatic rings. The Hall–Kier alpha value is -3.25. The molecule has 0 radical (unpaired) electrons. The second-order valence-corrected chi connectivity index (χ2v) is 7.64. The third kappa shape index (κ3) is 5.42. The summed E-state index contributed by atoms with van der Waals surface area (Å²) in [4.78, 5) is 25.2. The van der Waals surface area contributed by atoms with Crippen LogP contribution in [0.15, 0.2) is 67.1 Å². The van der Waals surface area contributed by atoms with Crippen LogP contribution in [0.25, 0.3) is 0 Å². The van der Waals surface area contributed by atoms with Crippen LogP contribution in [0, 0.1) is 6.92 Å². The molecule has 0 saturated carbocycles. The van der Waals surface area contributed by atoms with E-state index in [9.17, 15) is 4.79 Å². The fourth-order valence-electron chi connectivity index (χ4n) is 3.49. The molecule has 1 fully saturated rings. The molecule has 0 unspecified atom stereocenters. The molecule has 1 amide bonds. The summed E-state index contributed by atoms with van der Waals surface area (Å²) in [6.45, 7) is 5.86. The Kier molecular flexibility index (Phi) is 6.35. The number of carbonyl (C=O) groups is 1. The lowest BCUT2D eigenvalue weighted by atomic mass is 10.1. The van der Waals surface area contributed by atoms with Crippen molar-refractivity contribution in [2.24, 2.45) is 0 Å². The Labute approximate surface area is 177 Å². The SMILES string of the molecule is Cc1ccc(Cc2ccc(OC(=O)N3CCN(Cc4cccnc4)CC3)cc2)nc1. The summed E-state index contributed by atoms with van der Waals surface area (Å²) in [6.07, 6.45) is 6.02. The number of ether oxygens (including phenoxy) is 1. The van der Waals surface area contributed by atoms with Gasteiger partial charge in [0.25, 0.3) is 0 Å². The summed E-state index contributed by atoms with van der Waals surface area (Å²) in [5, 5.41) is 0. The Morgan fingerprint density at radius 2 is 1.77 bits per heavy atom. The molecule has 30 heavy (non-hydrogen) atoms. The number of hydrogen-bond donors (Lipinski definition) is 0. The van der Waals surface area contributed by atoms with Gasteiger partial charge in [-0.1, -0.05) is 24.3 Å². The Balaban J connectivity index is 1.25. The largest absolute Gasteiger partial charge is 0.415 e. The van der Waals surface area contributed by atoms with Crippen molar-refractivity contribution in [2.45, 2.75) is 19.9 Å². The molecule has 4 rings (SSSR count). The lowest BCUT2D eigenvalue weighted by Crippen LogP contribution is -2.49. The van der Waals surface area contributed by atoms with Crippen LogP contribution in [-0.2, 0) is 13.0 Å². The average Bonchev–Trinajstić information content (AvgIpc) is 2.78. The predicted molar refractivity (Wildman–Crippen MR) is 115 cm³/mol. The van der Waals surface area contributed by atoms with Crippen LogP contribution >= 0.6 is 0 Å². The minimum atomic E-state index is -0.288. The number of carbonyl (C=O) groups excluding carboxylic acids is 1. The number of benzene rings is 1. The van der Waals surface area contributed by atoms with Crippen molar-refractivity contribution in [3.63, 3.8) is 0 Å². The maximum atomic E-state index is 12.5. The van der Waals surface area contributed by atoms with Gasteiger partial charge in [-0.15, -0.1) is 0 Å².